The van der Waals surface area contributed by atoms with Crippen LogP contribution in [0.15, 0.2) is 4.42 Å². The first-order valence-corrected chi connectivity index (χ1v) is 5.59. The topological polar surface area (TPSA) is 67.2 Å². The van der Waals surface area contributed by atoms with Crippen LogP contribution < -0.4 is 10.6 Å². The molecule has 16 heavy (non-hydrogen) atoms. The molecule has 0 aliphatic carbocycles. The fourth-order valence-electron chi connectivity index (χ4n) is 1.95. The van der Waals surface area contributed by atoms with Gasteiger partial charge in [-0.3, -0.25) is 4.79 Å². The monoisotopic (exact) mass is 223 g/mol. The summed E-state index contributed by atoms with van der Waals surface area (Å²) in [5, 5.41) is 6.15. The third-order valence-corrected chi connectivity index (χ3v) is 2.82. The number of aromatic nitrogens is 1. The Morgan fingerprint density at radius 3 is 3.00 bits per heavy atom. The van der Waals surface area contributed by atoms with E-state index in [1.807, 2.05) is 0 Å². The Kier molecular flexibility index (Phi) is 3.24. The molecule has 1 aromatic heterocycles. The number of aryl methyl sites for hydroxylation is 2. The summed E-state index contributed by atoms with van der Waals surface area (Å²) < 4.78 is 5.25. The molecule has 5 heteroatoms. The Morgan fingerprint density at radius 2 is 2.44 bits per heavy atom. The van der Waals surface area contributed by atoms with Gasteiger partial charge in [0.15, 0.2) is 5.89 Å². The van der Waals surface area contributed by atoms with Crippen molar-refractivity contribution in [1.29, 1.82) is 0 Å². The van der Waals surface area contributed by atoms with E-state index >= 15 is 0 Å². The van der Waals surface area contributed by atoms with Gasteiger partial charge in [0.2, 0.25) is 5.76 Å². The zero-order valence-corrected chi connectivity index (χ0v) is 9.67. The highest BCUT2D eigenvalue weighted by molar-refractivity contribution is 5.92. The number of rotatable bonds is 3. The molecule has 2 rings (SSSR count). The average molecular weight is 223 g/mol. The lowest BCUT2D eigenvalue weighted by Crippen LogP contribution is -2.30. The number of carbonyl (C=O) groups is 1. The number of carbonyl (C=O) groups excluding carboxylic acids is 1. The number of amides is 1. The molecule has 1 aromatic rings. The van der Waals surface area contributed by atoms with E-state index < -0.39 is 0 Å². The Morgan fingerprint density at radius 1 is 1.62 bits per heavy atom. The third kappa shape index (κ3) is 2.41. The highest BCUT2D eigenvalue weighted by atomic mass is 16.4. The molecule has 0 saturated carbocycles. The molecule has 1 saturated heterocycles. The summed E-state index contributed by atoms with van der Waals surface area (Å²) in [5.41, 5.74) is 0.652. The van der Waals surface area contributed by atoms with Gasteiger partial charge >= 0.3 is 0 Å². The molecule has 2 N–H and O–H groups in total. The molecule has 1 aliphatic rings. The minimum absolute atomic E-state index is 0.162. The van der Waals surface area contributed by atoms with Crippen LogP contribution in [0.5, 0.6) is 0 Å². The van der Waals surface area contributed by atoms with E-state index in [1.54, 1.807) is 13.8 Å². The second-order valence-electron chi connectivity index (χ2n) is 4.22. The molecule has 1 atom stereocenters. The van der Waals surface area contributed by atoms with Crippen molar-refractivity contribution in [3.63, 3.8) is 0 Å². The predicted octanol–water partition coefficient (Wildman–Crippen LogP) is 0.631. The second kappa shape index (κ2) is 4.65. The minimum Gasteiger partial charge on any atom is -0.436 e. The summed E-state index contributed by atoms with van der Waals surface area (Å²) >= 11 is 0. The van der Waals surface area contributed by atoms with Gasteiger partial charge in [-0.15, -0.1) is 0 Å². The molecule has 0 bridgehead atoms. The fourth-order valence-corrected chi connectivity index (χ4v) is 1.95. The van der Waals surface area contributed by atoms with Crippen molar-refractivity contribution in [2.24, 2.45) is 5.92 Å². The largest absolute Gasteiger partial charge is 0.436 e. The average Bonchev–Trinajstić information content (AvgIpc) is 2.84. The lowest BCUT2D eigenvalue weighted by molar-refractivity contribution is 0.0918. The molecule has 5 nitrogen and oxygen atoms in total. The number of hydrogen-bond donors (Lipinski definition) is 2. The van der Waals surface area contributed by atoms with Crippen LogP contribution in [0.3, 0.4) is 0 Å². The number of nitrogens with zero attached hydrogens (tertiary/aromatic N) is 1. The molecule has 1 unspecified atom stereocenters. The van der Waals surface area contributed by atoms with Crippen LogP contribution >= 0.6 is 0 Å². The Labute approximate surface area is 94.6 Å². The van der Waals surface area contributed by atoms with Gasteiger partial charge in [-0.2, -0.15) is 0 Å². The van der Waals surface area contributed by atoms with Gasteiger partial charge in [0.05, 0.1) is 5.69 Å². The smallest absolute Gasteiger partial charge is 0.289 e. The van der Waals surface area contributed by atoms with E-state index in [9.17, 15) is 4.79 Å². The van der Waals surface area contributed by atoms with Gasteiger partial charge in [-0.05, 0) is 32.4 Å². The second-order valence-corrected chi connectivity index (χ2v) is 4.22. The zero-order chi connectivity index (χ0) is 11.5. The van der Waals surface area contributed by atoms with Gasteiger partial charge in [0, 0.05) is 13.5 Å². The Hall–Kier alpha value is -1.36. The van der Waals surface area contributed by atoms with E-state index in [0.717, 1.165) is 19.5 Å². The summed E-state index contributed by atoms with van der Waals surface area (Å²) in [5.74, 6) is 1.24. The number of nitrogens with one attached hydrogen (secondary N) is 2. The first kappa shape index (κ1) is 11.1. The molecule has 0 spiro atoms. The standard InChI is InChI=1S/C11H17N3O2/c1-7-10(16-8(2)14-7)11(15)13-6-9-3-4-12-5-9/h9,12H,3-6H2,1-2H3,(H,13,15). The quantitative estimate of drug-likeness (QED) is 0.788. The van der Waals surface area contributed by atoms with E-state index in [4.69, 9.17) is 4.42 Å². The van der Waals surface area contributed by atoms with Gasteiger partial charge in [0.1, 0.15) is 0 Å². The lowest BCUT2D eigenvalue weighted by atomic mass is 10.1. The van der Waals surface area contributed by atoms with Crippen LogP contribution in [0.25, 0.3) is 0 Å². The summed E-state index contributed by atoms with van der Waals surface area (Å²) in [6.07, 6.45) is 1.12. The predicted molar refractivity (Wildman–Crippen MR) is 59.3 cm³/mol. The van der Waals surface area contributed by atoms with Crippen molar-refractivity contribution < 1.29 is 9.21 Å². The summed E-state index contributed by atoms with van der Waals surface area (Å²) in [4.78, 5) is 15.8. The van der Waals surface area contributed by atoms with E-state index in [0.29, 0.717) is 29.8 Å². The number of hydrogen-bond acceptors (Lipinski definition) is 4. The van der Waals surface area contributed by atoms with E-state index in [-0.39, 0.29) is 5.91 Å². The molecule has 88 valence electrons. The van der Waals surface area contributed by atoms with Crippen LogP contribution in [-0.2, 0) is 0 Å². The van der Waals surface area contributed by atoms with Crippen molar-refractivity contribution in [2.75, 3.05) is 19.6 Å². The maximum absolute atomic E-state index is 11.8. The molecule has 1 amide bonds. The van der Waals surface area contributed by atoms with Crippen molar-refractivity contribution in [1.82, 2.24) is 15.6 Å². The van der Waals surface area contributed by atoms with E-state index in [1.165, 1.54) is 0 Å². The summed E-state index contributed by atoms with van der Waals surface area (Å²) in [7, 11) is 0. The normalized spacial score (nSPS) is 20.0. The minimum atomic E-state index is -0.162. The third-order valence-electron chi connectivity index (χ3n) is 2.82. The fraction of sp³-hybridized carbons (Fsp3) is 0.636. The molecular weight excluding hydrogens is 206 g/mol. The highest BCUT2D eigenvalue weighted by Gasteiger charge is 2.19. The van der Waals surface area contributed by atoms with Crippen LogP contribution in [-0.4, -0.2) is 30.5 Å². The SMILES string of the molecule is Cc1nc(C)c(C(=O)NCC2CCNC2)o1. The highest BCUT2D eigenvalue weighted by Crippen LogP contribution is 2.10. The molecule has 0 aromatic carbocycles. The van der Waals surface area contributed by atoms with Crippen LogP contribution in [0.1, 0.15) is 28.6 Å². The van der Waals surface area contributed by atoms with Crippen molar-refractivity contribution in [3.8, 4) is 0 Å². The van der Waals surface area contributed by atoms with Crippen LogP contribution in [0, 0.1) is 19.8 Å². The first-order valence-electron chi connectivity index (χ1n) is 5.59. The van der Waals surface area contributed by atoms with Crippen LogP contribution in [0.2, 0.25) is 0 Å². The zero-order valence-electron chi connectivity index (χ0n) is 9.67. The van der Waals surface area contributed by atoms with Crippen LogP contribution in [0.4, 0.5) is 0 Å². The molecule has 1 aliphatic heterocycles. The maximum atomic E-state index is 11.8. The maximum Gasteiger partial charge on any atom is 0.289 e. The molecular formula is C11H17N3O2. The van der Waals surface area contributed by atoms with E-state index in [2.05, 4.69) is 15.6 Å². The lowest BCUT2D eigenvalue weighted by Gasteiger charge is -2.08. The summed E-state index contributed by atoms with van der Waals surface area (Å²) in [6, 6.07) is 0. The van der Waals surface area contributed by atoms with Gasteiger partial charge in [-0.25, -0.2) is 4.98 Å². The van der Waals surface area contributed by atoms with Gasteiger partial charge in [0.25, 0.3) is 5.91 Å². The number of oxazole rings is 1. The van der Waals surface area contributed by atoms with Gasteiger partial charge < -0.3 is 15.1 Å². The van der Waals surface area contributed by atoms with Crippen molar-refractivity contribution in [3.05, 3.63) is 17.3 Å². The van der Waals surface area contributed by atoms with Crippen molar-refractivity contribution >= 4 is 5.91 Å². The van der Waals surface area contributed by atoms with Gasteiger partial charge in [-0.1, -0.05) is 0 Å². The Bertz CT molecular complexity index is 381. The van der Waals surface area contributed by atoms with Crippen molar-refractivity contribution in [2.45, 2.75) is 20.3 Å². The Balaban J connectivity index is 1.90. The first-order chi connectivity index (χ1) is 7.66. The summed E-state index contributed by atoms with van der Waals surface area (Å²) in [6.45, 7) is 6.24. The molecule has 1 fully saturated rings. The molecule has 0 radical (unpaired) electrons. The molecule has 2 heterocycles.